The number of aromatic nitrogens is 1. The van der Waals surface area contributed by atoms with E-state index in [-0.39, 0.29) is 33.3 Å². The Morgan fingerprint density at radius 2 is 1.67 bits per heavy atom. The van der Waals surface area contributed by atoms with Crippen LogP contribution in [-0.2, 0) is 19.6 Å². The molecular weight excluding hydrogens is 446 g/mol. The molecule has 0 saturated heterocycles. The first-order valence-corrected chi connectivity index (χ1v) is 11.2. The minimum atomic E-state index is -4.06. The van der Waals surface area contributed by atoms with Crippen molar-refractivity contribution in [2.45, 2.75) is 4.90 Å². The summed E-state index contributed by atoms with van der Waals surface area (Å²) in [7, 11) is -1.34. The van der Waals surface area contributed by atoms with Crippen molar-refractivity contribution >= 4 is 33.5 Å². The minimum Gasteiger partial charge on any atom is -0.497 e. The molecule has 9 nitrogen and oxygen atoms in total. The van der Waals surface area contributed by atoms with E-state index in [2.05, 4.69) is 10.3 Å². The normalized spacial score (nSPS) is 14.3. The first-order valence-electron chi connectivity index (χ1n) is 9.74. The largest absolute Gasteiger partial charge is 0.497 e. The second-order valence-corrected chi connectivity index (χ2v) is 8.87. The monoisotopic (exact) mass is 465 g/mol. The predicted molar refractivity (Wildman–Crippen MR) is 120 cm³/mol. The number of carbonyl (C=O) groups excluding carboxylic acids is 2. The molecule has 3 aromatic rings. The third-order valence-electron chi connectivity index (χ3n) is 4.94. The molecule has 10 heteroatoms. The Morgan fingerprint density at radius 1 is 0.970 bits per heavy atom. The number of carbonyl (C=O) groups is 2. The highest BCUT2D eigenvalue weighted by Gasteiger charge is 2.39. The van der Waals surface area contributed by atoms with E-state index in [0.717, 1.165) is 4.31 Å². The van der Waals surface area contributed by atoms with Crippen LogP contribution in [0.25, 0.3) is 5.76 Å². The fourth-order valence-electron chi connectivity index (χ4n) is 3.26. The Labute approximate surface area is 190 Å². The summed E-state index contributed by atoms with van der Waals surface area (Å²) in [6, 6.07) is 17.1. The fraction of sp³-hybridized carbons (Fsp3) is 0.0870. The van der Waals surface area contributed by atoms with Crippen LogP contribution in [0.1, 0.15) is 15.9 Å². The molecular formula is C23H19N3O6S. The number of nitrogens with one attached hydrogen (secondary N) is 1. The Bertz CT molecular complexity index is 1350. The van der Waals surface area contributed by atoms with E-state index in [1.54, 1.807) is 42.5 Å². The van der Waals surface area contributed by atoms with Gasteiger partial charge in [0.25, 0.3) is 15.9 Å². The Morgan fingerprint density at radius 3 is 2.33 bits per heavy atom. The number of pyridine rings is 1. The van der Waals surface area contributed by atoms with Crippen molar-refractivity contribution in [1.82, 2.24) is 9.29 Å². The molecule has 1 aliphatic rings. The van der Waals surface area contributed by atoms with Gasteiger partial charge in [0.2, 0.25) is 0 Å². The number of likely N-dealkylation sites (N-methyl/N-ethyl adjacent to an activating group) is 1. The van der Waals surface area contributed by atoms with Crippen molar-refractivity contribution in [2.24, 2.45) is 0 Å². The van der Waals surface area contributed by atoms with Crippen LogP contribution >= 0.6 is 0 Å². The molecule has 1 aliphatic heterocycles. The summed E-state index contributed by atoms with van der Waals surface area (Å²) in [4.78, 5) is 30.0. The minimum absolute atomic E-state index is 0.0839. The van der Waals surface area contributed by atoms with Crippen LogP contribution in [0, 0.1) is 0 Å². The molecule has 0 atom stereocenters. The van der Waals surface area contributed by atoms with Gasteiger partial charge in [-0.25, -0.2) is 18.2 Å². The number of fused-ring (bicyclic) bond motifs is 1. The van der Waals surface area contributed by atoms with Crippen molar-refractivity contribution in [3.8, 4) is 5.75 Å². The van der Waals surface area contributed by atoms with Gasteiger partial charge in [-0.1, -0.05) is 18.2 Å². The zero-order valence-corrected chi connectivity index (χ0v) is 18.5. The van der Waals surface area contributed by atoms with Crippen molar-refractivity contribution in [3.05, 3.63) is 89.8 Å². The van der Waals surface area contributed by atoms with E-state index < -0.39 is 21.9 Å². The number of sulfonamides is 1. The molecule has 2 heterocycles. The predicted octanol–water partition coefficient (Wildman–Crippen LogP) is 2.89. The van der Waals surface area contributed by atoms with Gasteiger partial charge in [-0.15, -0.1) is 0 Å². The maximum atomic E-state index is 13.2. The molecule has 0 saturated carbocycles. The molecule has 4 rings (SSSR count). The average Bonchev–Trinajstić information content (AvgIpc) is 2.83. The molecule has 0 fully saturated rings. The van der Waals surface area contributed by atoms with Crippen LogP contribution in [0.3, 0.4) is 0 Å². The lowest BCUT2D eigenvalue weighted by Crippen LogP contribution is -2.38. The van der Waals surface area contributed by atoms with Crippen LogP contribution in [-0.4, -0.2) is 43.7 Å². The third-order valence-corrected chi connectivity index (χ3v) is 6.76. The van der Waals surface area contributed by atoms with E-state index in [4.69, 9.17) is 9.47 Å². The highest BCUT2D eigenvalue weighted by Crippen LogP contribution is 2.37. The Kier molecular flexibility index (Phi) is 5.84. The second kappa shape index (κ2) is 8.75. The maximum absolute atomic E-state index is 13.2. The molecule has 0 bridgehead atoms. The molecule has 33 heavy (non-hydrogen) atoms. The topological polar surface area (TPSA) is 115 Å². The lowest BCUT2D eigenvalue weighted by Gasteiger charge is -2.30. The van der Waals surface area contributed by atoms with Gasteiger partial charge in [0.1, 0.15) is 11.6 Å². The second-order valence-electron chi connectivity index (χ2n) is 6.93. The molecule has 1 aromatic heterocycles. The van der Waals surface area contributed by atoms with Gasteiger partial charge in [0.15, 0.2) is 11.5 Å². The summed E-state index contributed by atoms with van der Waals surface area (Å²) in [5.41, 5.74) is -0.0498. The van der Waals surface area contributed by atoms with E-state index >= 15 is 0 Å². The molecule has 0 radical (unpaired) electrons. The number of anilines is 1. The number of methoxy groups -OCH3 is 1. The number of nitrogens with zero attached hydrogens (tertiary/aromatic N) is 2. The van der Waals surface area contributed by atoms with Crippen molar-refractivity contribution in [3.63, 3.8) is 0 Å². The molecule has 2 aromatic carbocycles. The Balaban J connectivity index is 1.81. The van der Waals surface area contributed by atoms with E-state index in [0.29, 0.717) is 5.75 Å². The van der Waals surface area contributed by atoms with E-state index in [1.807, 2.05) is 0 Å². The van der Waals surface area contributed by atoms with Crippen molar-refractivity contribution in [1.29, 1.82) is 0 Å². The van der Waals surface area contributed by atoms with Crippen molar-refractivity contribution in [2.75, 3.05) is 19.5 Å². The van der Waals surface area contributed by atoms with Gasteiger partial charge in [-0.2, -0.15) is 0 Å². The highest BCUT2D eigenvalue weighted by atomic mass is 32.2. The number of rotatable bonds is 5. The van der Waals surface area contributed by atoms with Gasteiger partial charge in [0, 0.05) is 18.8 Å². The number of benzene rings is 2. The van der Waals surface area contributed by atoms with Gasteiger partial charge in [-0.05, 0) is 48.5 Å². The lowest BCUT2D eigenvalue weighted by molar-refractivity contribution is -0.113. The van der Waals surface area contributed by atoms with Gasteiger partial charge in [-0.3, -0.25) is 9.10 Å². The smallest absolute Gasteiger partial charge is 0.343 e. The zero-order valence-electron chi connectivity index (χ0n) is 17.7. The summed E-state index contributed by atoms with van der Waals surface area (Å²) < 4.78 is 37.7. The molecule has 1 N–H and O–H groups in total. The number of ether oxygens (including phenoxy) is 2. The van der Waals surface area contributed by atoms with Crippen LogP contribution < -0.4 is 10.1 Å². The van der Waals surface area contributed by atoms with Gasteiger partial charge >= 0.3 is 5.97 Å². The first kappa shape index (κ1) is 22.0. The van der Waals surface area contributed by atoms with E-state index in [1.165, 1.54) is 44.6 Å². The van der Waals surface area contributed by atoms with E-state index in [9.17, 15) is 18.0 Å². The molecule has 0 aliphatic carbocycles. The summed E-state index contributed by atoms with van der Waals surface area (Å²) in [5, 5.41) is 2.55. The molecule has 0 spiro atoms. The lowest BCUT2D eigenvalue weighted by atomic mass is 10.1. The van der Waals surface area contributed by atoms with Crippen LogP contribution in [0.15, 0.2) is 83.5 Å². The molecule has 0 unspecified atom stereocenters. The number of esters is 1. The van der Waals surface area contributed by atoms with Gasteiger partial charge in [0.05, 0.1) is 17.6 Å². The van der Waals surface area contributed by atoms with Crippen LogP contribution in [0.4, 0.5) is 5.82 Å². The summed E-state index contributed by atoms with van der Waals surface area (Å²) in [6.07, 6.45) is 1.48. The Hall–Kier alpha value is -4.18. The number of hydrogen-bond donors (Lipinski definition) is 1. The molecule has 168 valence electrons. The standard InChI is InChI=1S/C23H19N3O6S/c1-26-20(22(27)25-19-9-5-6-14-24-19)21(17-7-3-4-8-18(17)33(26,29)30)32-23(28)15-10-12-16(31-2)13-11-15/h3-14H,1-2H3,(H,24,25,27). The van der Waals surface area contributed by atoms with Crippen molar-refractivity contribution < 1.29 is 27.5 Å². The molecule has 1 amide bonds. The van der Waals surface area contributed by atoms with Crippen LogP contribution in [0.5, 0.6) is 5.75 Å². The fourth-order valence-corrected chi connectivity index (χ4v) is 4.65. The average molecular weight is 465 g/mol. The zero-order chi connectivity index (χ0) is 23.6. The SMILES string of the molecule is COc1ccc(C(=O)OC2=C(C(=O)Nc3ccccn3)N(C)S(=O)(=O)c3ccccc32)cc1. The highest BCUT2D eigenvalue weighted by molar-refractivity contribution is 7.89. The van der Waals surface area contributed by atoms with Gasteiger partial charge < -0.3 is 14.8 Å². The maximum Gasteiger partial charge on any atom is 0.343 e. The summed E-state index contributed by atoms with van der Waals surface area (Å²) >= 11 is 0. The first-order chi connectivity index (χ1) is 15.8. The summed E-state index contributed by atoms with van der Waals surface area (Å²) in [5.74, 6) is -0.988. The number of hydrogen-bond acceptors (Lipinski definition) is 7. The quantitative estimate of drug-likeness (QED) is 0.576. The van der Waals surface area contributed by atoms with Crippen LogP contribution in [0.2, 0.25) is 0 Å². The summed E-state index contributed by atoms with van der Waals surface area (Å²) in [6.45, 7) is 0. The number of amides is 1. The third kappa shape index (κ3) is 4.15.